The molecule has 0 fully saturated rings. The summed E-state index contributed by atoms with van der Waals surface area (Å²) in [6.07, 6.45) is 0.221. The van der Waals surface area contributed by atoms with Crippen LogP contribution in [0.3, 0.4) is 0 Å². The molecule has 0 aliphatic carbocycles. The van der Waals surface area contributed by atoms with E-state index in [-0.39, 0.29) is 12.0 Å². The fourth-order valence-corrected chi connectivity index (χ4v) is 1.82. The van der Waals surface area contributed by atoms with E-state index in [1.165, 1.54) is 5.56 Å². The molecule has 4 heteroatoms. The molecule has 4 nitrogen and oxygen atoms in total. The number of hydrogen-bond acceptors (Lipinski definition) is 3. The van der Waals surface area contributed by atoms with Crippen LogP contribution in [0.4, 0.5) is 0 Å². The maximum atomic E-state index is 12.1. The monoisotopic (exact) mass is 264 g/mol. The second-order valence-corrected chi connectivity index (χ2v) is 5.30. The lowest BCUT2D eigenvalue weighted by Crippen LogP contribution is -2.29. The molecule has 1 unspecified atom stereocenters. The number of amides is 1. The Balaban J connectivity index is 2.61. The third kappa shape index (κ3) is 5.41. The maximum absolute atomic E-state index is 12.1. The Morgan fingerprint density at radius 1 is 1.21 bits per heavy atom. The van der Waals surface area contributed by atoms with E-state index in [9.17, 15) is 9.90 Å². The summed E-state index contributed by atoms with van der Waals surface area (Å²) in [6, 6.07) is 7.69. The number of rotatable bonds is 6. The third-order valence-corrected chi connectivity index (χ3v) is 2.93. The van der Waals surface area contributed by atoms with Crippen LogP contribution in [0.15, 0.2) is 24.3 Å². The van der Waals surface area contributed by atoms with E-state index in [1.54, 1.807) is 18.9 Å². The second-order valence-electron chi connectivity index (χ2n) is 5.30. The topological polar surface area (TPSA) is 43.8 Å². The summed E-state index contributed by atoms with van der Waals surface area (Å²) in [5, 5.41) is 9.23. The molecule has 1 rings (SSSR count). The van der Waals surface area contributed by atoms with Crippen LogP contribution in [0, 0.1) is 0 Å². The predicted octanol–water partition coefficient (Wildman–Crippen LogP) is 1.59. The van der Waals surface area contributed by atoms with Gasteiger partial charge in [0.15, 0.2) is 0 Å². The molecule has 0 bridgehead atoms. The minimum Gasteiger partial charge on any atom is -0.393 e. The summed E-state index contributed by atoms with van der Waals surface area (Å²) >= 11 is 0. The van der Waals surface area contributed by atoms with Gasteiger partial charge in [-0.15, -0.1) is 0 Å². The van der Waals surface area contributed by atoms with Gasteiger partial charge in [0.25, 0.3) is 5.91 Å². The first kappa shape index (κ1) is 15.7. The summed E-state index contributed by atoms with van der Waals surface area (Å²) in [5.41, 5.74) is 1.88. The zero-order valence-electron chi connectivity index (χ0n) is 12.3. The Morgan fingerprint density at radius 2 is 1.79 bits per heavy atom. The molecule has 1 aromatic rings. The number of carbonyl (C=O) groups is 1. The van der Waals surface area contributed by atoms with Crippen LogP contribution in [0.1, 0.15) is 29.3 Å². The van der Waals surface area contributed by atoms with Crippen LogP contribution >= 0.6 is 0 Å². The molecular weight excluding hydrogens is 240 g/mol. The Bertz CT molecular complexity index is 399. The fraction of sp³-hybridized carbons (Fsp3) is 0.533. The highest BCUT2D eigenvalue weighted by Crippen LogP contribution is 2.09. The number of aliphatic hydroxyl groups is 1. The summed E-state index contributed by atoms with van der Waals surface area (Å²) in [6.45, 7) is 3.16. The Morgan fingerprint density at radius 3 is 2.26 bits per heavy atom. The van der Waals surface area contributed by atoms with Gasteiger partial charge in [-0.05, 0) is 45.1 Å². The number of aliphatic hydroxyl groups excluding tert-OH is 1. The average molecular weight is 264 g/mol. The molecule has 0 spiro atoms. The van der Waals surface area contributed by atoms with Crippen LogP contribution in [-0.2, 0) is 6.54 Å². The molecule has 0 radical (unpaired) electrons. The van der Waals surface area contributed by atoms with Crippen LogP contribution < -0.4 is 0 Å². The molecular formula is C15H24N2O2. The van der Waals surface area contributed by atoms with E-state index in [0.717, 1.165) is 6.54 Å². The fourth-order valence-electron chi connectivity index (χ4n) is 1.82. The number of nitrogens with zero attached hydrogens (tertiary/aromatic N) is 2. The minimum atomic E-state index is -0.377. The molecule has 0 saturated carbocycles. The summed E-state index contributed by atoms with van der Waals surface area (Å²) in [4.78, 5) is 15.9. The lowest BCUT2D eigenvalue weighted by atomic mass is 10.1. The van der Waals surface area contributed by atoms with Gasteiger partial charge in [0.2, 0.25) is 0 Å². The van der Waals surface area contributed by atoms with Crippen LogP contribution in [0.25, 0.3) is 0 Å². The Hall–Kier alpha value is -1.39. The van der Waals surface area contributed by atoms with E-state index in [2.05, 4.69) is 4.90 Å². The van der Waals surface area contributed by atoms with Gasteiger partial charge >= 0.3 is 0 Å². The standard InChI is InChI=1S/C15H24N2O2/c1-12(18)9-10-17(4)15(19)14-7-5-13(6-8-14)11-16(2)3/h5-8,12,18H,9-11H2,1-4H3. The van der Waals surface area contributed by atoms with Crippen LogP contribution in [0.5, 0.6) is 0 Å². The highest BCUT2D eigenvalue weighted by Gasteiger charge is 2.12. The zero-order valence-corrected chi connectivity index (χ0v) is 12.3. The van der Waals surface area contributed by atoms with E-state index >= 15 is 0 Å². The van der Waals surface area contributed by atoms with Crippen molar-refractivity contribution in [2.24, 2.45) is 0 Å². The van der Waals surface area contributed by atoms with Crippen LogP contribution in [-0.4, -0.2) is 54.6 Å². The number of benzene rings is 1. The maximum Gasteiger partial charge on any atom is 0.253 e. The van der Waals surface area contributed by atoms with Gasteiger partial charge in [0, 0.05) is 25.7 Å². The predicted molar refractivity (Wildman–Crippen MR) is 77.1 cm³/mol. The highest BCUT2D eigenvalue weighted by molar-refractivity contribution is 5.94. The van der Waals surface area contributed by atoms with Gasteiger partial charge in [-0.2, -0.15) is 0 Å². The van der Waals surface area contributed by atoms with Gasteiger partial charge in [0.1, 0.15) is 0 Å². The SMILES string of the molecule is CC(O)CCN(C)C(=O)c1ccc(CN(C)C)cc1. The van der Waals surface area contributed by atoms with E-state index in [1.807, 2.05) is 38.4 Å². The van der Waals surface area contributed by atoms with Gasteiger partial charge in [-0.1, -0.05) is 12.1 Å². The third-order valence-electron chi connectivity index (χ3n) is 2.93. The van der Waals surface area contributed by atoms with Crippen molar-refractivity contribution in [3.8, 4) is 0 Å². The molecule has 0 saturated heterocycles. The number of carbonyl (C=O) groups excluding carboxylic acids is 1. The van der Waals surface area contributed by atoms with Crippen LogP contribution in [0.2, 0.25) is 0 Å². The second kappa shape index (κ2) is 7.26. The van der Waals surface area contributed by atoms with Crippen molar-refractivity contribution >= 4 is 5.91 Å². The van der Waals surface area contributed by atoms with Crippen molar-refractivity contribution in [3.63, 3.8) is 0 Å². The lowest BCUT2D eigenvalue weighted by molar-refractivity contribution is 0.0769. The van der Waals surface area contributed by atoms with Crippen molar-refractivity contribution in [2.45, 2.75) is 26.0 Å². The van der Waals surface area contributed by atoms with Gasteiger partial charge in [-0.3, -0.25) is 4.79 Å². The van der Waals surface area contributed by atoms with Crippen molar-refractivity contribution in [1.82, 2.24) is 9.80 Å². The minimum absolute atomic E-state index is 0.00273. The zero-order chi connectivity index (χ0) is 14.4. The molecule has 1 amide bonds. The normalized spacial score (nSPS) is 12.5. The average Bonchev–Trinajstić information content (AvgIpc) is 2.35. The largest absolute Gasteiger partial charge is 0.393 e. The Kier molecular flexibility index (Phi) is 5.99. The molecule has 0 aliphatic heterocycles. The van der Waals surface area contributed by atoms with E-state index in [4.69, 9.17) is 0 Å². The first-order valence-corrected chi connectivity index (χ1v) is 6.57. The summed E-state index contributed by atoms with van der Waals surface area (Å²) in [5.74, 6) is -0.00273. The molecule has 0 aliphatic rings. The van der Waals surface area contributed by atoms with Gasteiger partial charge in [0.05, 0.1) is 6.10 Å². The molecule has 0 aromatic heterocycles. The summed E-state index contributed by atoms with van der Waals surface area (Å²) < 4.78 is 0. The molecule has 19 heavy (non-hydrogen) atoms. The van der Waals surface area contributed by atoms with E-state index < -0.39 is 0 Å². The van der Waals surface area contributed by atoms with Gasteiger partial charge in [-0.25, -0.2) is 0 Å². The molecule has 106 valence electrons. The molecule has 0 heterocycles. The molecule has 1 atom stereocenters. The van der Waals surface area contributed by atoms with Crippen molar-refractivity contribution in [1.29, 1.82) is 0 Å². The van der Waals surface area contributed by atoms with Gasteiger partial charge < -0.3 is 14.9 Å². The van der Waals surface area contributed by atoms with Crippen molar-refractivity contribution in [2.75, 3.05) is 27.7 Å². The highest BCUT2D eigenvalue weighted by atomic mass is 16.3. The first-order chi connectivity index (χ1) is 8.90. The summed E-state index contributed by atoms with van der Waals surface area (Å²) in [7, 11) is 5.80. The molecule has 1 aromatic carbocycles. The van der Waals surface area contributed by atoms with Crippen molar-refractivity contribution in [3.05, 3.63) is 35.4 Å². The quantitative estimate of drug-likeness (QED) is 0.848. The first-order valence-electron chi connectivity index (χ1n) is 6.57. The van der Waals surface area contributed by atoms with E-state index in [0.29, 0.717) is 18.5 Å². The number of hydrogen-bond donors (Lipinski definition) is 1. The molecule has 1 N–H and O–H groups in total. The smallest absolute Gasteiger partial charge is 0.253 e. The van der Waals surface area contributed by atoms with Crippen molar-refractivity contribution < 1.29 is 9.90 Å². The Labute approximate surface area is 115 Å². The lowest BCUT2D eigenvalue weighted by Gasteiger charge is -2.18.